The summed E-state index contributed by atoms with van der Waals surface area (Å²) in [5, 5.41) is 20.9. The molecule has 0 spiro atoms. The number of nitrogens with zero attached hydrogens (tertiary/aromatic N) is 2. The van der Waals surface area contributed by atoms with E-state index >= 15 is 0 Å². The van der Waals surface area contributed by atoms with Gasteiger partial charge in [-0.05, 0) is 11.8 Å². The molecule has 23 heavy (non-hydrogen) atoms. The number of quaternary nitrogens is 2. The molecule has 0 heterocycles. The Kier molecular flexibility index (Phi) is 7.76. The number of aliphatic hydroxyl groups is 2. The second-order valence-electron chi connectivity index (χ2n) is 11.2. The number of hydrogen-bond donors (Lipinski definition) is 2. The van der Waals surface area contributed by atoms with Crippen LogP contribution in [0.3, 0.4) is 0 Å². The lowest BCUT2D eigenvalue weighted by atomic mass is 9.89. The zero-order valence-electron chi connectivity index (χ0n) is 17.5. The molecule has 140 valence electrons. The number of rotatable bonds is 8. The van der Waals surface area contributed by atoms with Gasteiger partial charge >= 0.3 is 0 Å². The van der Waals surface area contributed by atoms with Gasteiger partial charge in [-0.2, -0.15) is 0 Å². The van der Waals surface area contributed by atoms with Gasteiger partial charge < -0.3 is 19.2 Å². The normalized spacial score (nSPS) is 17.2. The molecular formula is C19H44N2O2+2. The van der Waals surface area contributed by atoms with Crippen LogP contribution in [0.25, 0.3) is 0 Å². The second kappa shape index (κ2) is 7.81. The first-order valence-corrected chi connectivity index (χ1v) is 8.91. The van der Waals surface area contributed by atoms with Crippen LogP contribution in [0.2, 0.25) is 0 Å². The standard InChI is InChI=1S/C19H44N2O2/c1-18(2,3)11-16(22)12-20(7,8)13-17(23)14-21(9,10)15-19(4,5)6/h16-17,22-23H,11-15H2,1-10H3/q+2. The molecule has 4 heteroatoms. The molecule has 0 radical (unpaired) electrons. The van der Waals surface area contributed by atoms with Crippen molar-refractivity contribution in [2.75, 3.05) is 54.4 Å². The van der Waals surface area contributed by atoms with Crippen molar-refractivity contribution >= 4 is 0 Å². The largest absolute Gasteiger partial charge is 0.387 e. The van der Waals surface area contributed by atoms with Gasteiger partial charge in [0.1, 0.15) is 25.7 Å². The molecule has 0 aromatic carbocycles. The Balaban J connectivity index is 4.54. The van der Waals surface area contributed by atoms with Gasteiger partial charge in [0.2, 0.25) is 0 Å². The van der Waals surface area contributed by atoms with E-state index in [1.165, 1.54) is 0 Å². The van der Waals surface area contributed by atoms with Gasteiger partial charge in [0.15, 0.2) is 6.10 Å². The van der Waals surface area contributed by atoms with Crippen molar-refractivity contribution in [1.82, 2.24) is 0 Å². The summed E-state index contributed by atoms with van der Waals surface area (Å²) in [7, 11) is 8.56. The molecule has 0 aromatic rings. The Bertz CT molecular complexity index is 351. The van der Waals surface area contributed by atoms with Crippen molar-refractivity contribution in [3.63, 3.8) is 0 Å². The minimum absolute atomic E-state index is 0.129. The second-order valence-corrected chi connectivity index (χ2v) is 11.2. The van der Waals surface area contributed by atoms with E-state index in [4.69, 9.17) is 0 Å². The van der Waals surface area contributed by atoms with E-state index in [2.05, 4.69) is 69.7 Å². The van der Waals surface area contributed by atoms with Crippen LogP contribution in [-0.2, 0) is 0 Å². The zero-order valence-corrected chi connectivity index (χ0v) is 17.5. The van der Waals surface area contributed by atoms with Crippen molar-refractivity contribution in [3.8, 4) is 0 Å². The van der Waals surface area contributed by atoms with Gasteiger partial charge in [0.05, 0.1) is 34.7 Å². The molecule has 0 aromatic heterocycles. The maximum Gasteiger partial charge on any atom is 0.152 e. The first-order chi connectivity index (χ1) is 9.91. The van der Waals surface area contributed by atoms with Gasteiger partial charge in [-0.25, -0.2) is 0 Å². The van der Waals surface area contributed by atoms with Crippen LogP contribution in [0.1, 0.15) is 48.0 Å². The van der Waals surface area contributed by atoms with Crippen LogP contribution < -0.4 is 0 Å². The Labute approximate surface area is 145 Å². The Morgan fingerprint density at radius 1 is 0.652 bits per heavy atom. The molecule has 0 bridgehead atoms. The van der Waals surface area contributed by atoms with E-state index in [0.29, 0.717) is 17.6 Å². The molecule has 0 saturated heterocycles. The minimum Gasteiger partial charge on any atom is -0.387 e. The summed E-state index contributed by atoms with van der Waals surface area (Å²) < 4.78 is 1.46. The van der Waals surface area contributed by atoms with Crippen LogP contribution in [-0.4, -0.2) is 85.8 Å². The predicted octanol–water partition coefficient (Wildman–Crippen LogP) is 2.34. The van der Waals surface area contributed by atoms with Gasteiger partial charge in [-0.1, -0.05) is 41.5 Å². The van der Waals surface area contributed by atoms with E-state index in [1.807, 2.05) is 0 Å². The van der Waals surface area contributed by atoms with Gasteiger partial charge in [0, 0.05) is 5.41 Å². The highest BCUT2D eigenvalue weighted by molar-refractivity contribution is 4.68. The smallest absolute Gasteiger partial charge is 0.152 e. The SMILES string of the molecule is CC(C)(C)CC(O)C[N+](C)(C)CC(O)C[N+](C)(C)CC(C)(C)C. The van der Waals surface area contributed by atoms with Crippen molar-refractivity contribution < 1.29 is 19.2 Å². The van der Waals surface area contributed by atoms with E-state index < -0.39 is 0 Å². The highest BCUT2D eigenvalue weighted by atomic mass is 16.3. The first-order valence-electron chi connectivity index (χ1n) is 8.91. The summed E-state index contributed by atoms with van der Waals surface area (Å²) in [6.07, 6.45) is 0.106. The summed E-state index contributed by atoms with van der Waals surface area (Å²) >= 11 is 0. The molecule has 0 rings (SSSR count). The number of aliphatic hydroxyl groups excluding tert-OH is 2. The van der Waals surface area contributed by atoms with E-state index in [-0.39, 0.29) is 23.0 Å². The Morgan fingerprint density at radius 2 is 1.04 bits per heavy atom. The van der Waals surface area contributed by atoms with Gasteiger partial charge in [-0.15, -0.1) is 0 Å². The average Bonchev–Trinajstić information content (AvgIpc) is 2.03. The van der Waals surface area contributed by atoms with Gasteiger partial charge in [-0.3, -0.25) is 0 Å². The van der Waals surface area contributed by atoms with Crippen molar-refractivity contribution in [2.45, 2.75) is 60.2 Å². The lowest BCUT2D eigenvalue weighted by Gasteiger charge is -2.39. The minimum atomic E-state index is -0.357. The summed E-state index contributed by atoms with van der Waals surface area (Å²) in [4.78, 5) is 0. The predicted molar refractivity (Wildman–Crippen MR) is 99.2 cm³/mol. The monoisotopic (exact) mass is 332 g/mol. The Hall–Kier alpha value is -0.160. The fourth-order valence-electron chi connectivity index (χ4n) is 3.96. The molecule has 4 nitrogen and oxygen atoms in total. The highest BCUT2D eigenvalue weighted by Crippen LogP contribution is 2.22. The number of likely N-dealkylation sites (N-methyl/N-ethyl adjacent to an activating group) is 2. The van der Waals surface area contributed by atoms with E-state index in [1.54, 1.807) is 0 Å². The fourth-order valence-corrected chi connectivity index (χ4v) is 3.96. The van der Waals surface area contributed by atoms with Crippen LogP contribution in [0.4, 0.5) is 0 Å². The molecule has 2 atom stereocenters. The molecule has 2 N–H and O–H groups in total. The molecule has 0 fully saturated rings. The maximum absolute atomic E-state index is 10.5. The van der Waals surface area contributed by atoms with E-state index in [0.717, 1.165) is 24.0 Å². The van der Waals surface area contributed by atoms with Crippen molar-refractivity contribution in [2.24, 2.45) is 10.8 Å². The topological polar surface area (TPSA) is 40.5 Å². The lowest BCUT2D eigenvalue weighted by Crippen LogP contribution is -2.56. The molecule has 0 saturated carbocycles. The van der Waals surface area contributed by atoms with Crippen LogP contribution in [0, 0.1) is 10.8 Å². The molecule has 0 aliphatic carbocycles. The van der Waals surface area contributed by atoms with Crippen molar-refractivity contribution in [3.05, 3.63) is 0 Å². The molecule has 0 aliphatic rings. The van der Waals surface area contributed by atoms with Gasteiger partial charge in [0.25, 0.3) is 0 Å². The highest BCUT2D eigenvalue weighted by Gasteiger charge is 2.32. The zero-order chi connectivity index (χ0) is 18.7. The average molecular weight is 333 g/mol. The van der Waals surface area contributed by atoms with E-state index in [9.17, 15) is 10.2 Å². The fraction of sp³-hybridized carbons (Fsp3) is 1.00. The first kappa shape index (κ1) is 22.8. The summed E-state index contributed by atoms with van der Waals surface area (Å²) in [6, 6.07) is 0. The van der Waals surface area contributed by atoms with Crippen LogP contribution in [0.15, 0.2) is 0 Å². The summed E-state index contributed by atoms with van der Waals surface area (Å²) in [6.45, 7) is 16.3. The number of hydrogen-bond acceptors (Lipinski definition) is 2. The summed E-state index contributed by atoms with van der Waals surface area (Å²) in [5.74, 6) is 0. The summed E-state index contributed by atoms with van der Waals surface area (Å²) in [5.41, 5.74) is 0.375. The third-order valence-corrected chi connectivity index (χ3v) is 3.87. The van der Waals surface area contributed by atoms with Crippen LogP contribution >= 0.6 is 0 Å². The maximum atomic E-state index is 10.5. The molecular weight excluding hydrogens is 288 g/mol. The quantitative estimate of drug-likeness (QED) is 0.670. The molecule has 2 unspecified atom stereocenters. The van der Waals surface area contributed by atoms with Crippen LogP contribution in [0.5, 0.6) is 0 Å². The third kappa shape index (κ3) is 12.9. The third-order valence-electron chi connectivity index (χ3n) is 3.87. The Morgan fingerprint density at radius 3 is 1.43 bits per heavy atom. The van der Waals surface area contributed by atoms with Crippen molar-refractivity contribution in [1.29, 1.82) is 0 Å². The molecule has 0 aliphatic heterocycles. The lowest BCUT2D eigenvalue weighted by molar-refractivity contribution is -0.918. The molecule has 0 amide bonds.